The van der Waals surface area contributed by atoms with Crippen molar-refractivity contribution in [2.24, 2.45) is 0 Å². The normalized spacial score (nSPS) is 10.3. The van der Waals surface area contributed by atoms with Crippen LogP contribution in [0, 0.1) is 0 Å². The van der Waals surface area contributed by atoms with Crippen molar-refractivity contribution in [3.63, 3.8) is 0 Å². The molecule has 0 fully saturated rings. The second kappa shape index (κ2) is 8.35. The first-order valence-electron chi connectivity index (χ1n) is 8.13. The molecule has 7 heteroatoms. The van der Waals surface area contributed by atoms with Gasteiger partial charge in [0.2, 0.25) is 11.8 Å². The summed E-state index contributed by atoms with van der Waals surface area (Å²) in [7, 11) is 0. The highest BCUT2D eigenvalue weighted by Crippen LogP contribution is 2.21. The van der Waals surface area contributed by atoms with Crippen LogP contribution in [0.15, 0.2) is 54.0 Å². The van der Waals surface area contributed by atoms with Crippen molar-refractivity contribution in [3.05, 3.63) is 59.0 Å². The number of aromatic nitrogens is 2. The lowest BCUT2D eigenvalue weighted by atomic mass is 10.2. The molecule has 1 aromatic carbocycles. The summed E-state index contributed by atoms with van der Waals surface area (Å²) < 4.78 is 0. The molecule has 6 nitrogen and oxygen atoms in total. The number of pyridine rings is 1. The predicted molar refractivity (Wildman–Crippen MR) is 103 cm³/mol. The average Bonchev–Trinajstić information content (AvgIpc) is 3.11. The second-order valence-electron chi connectivity index (χ2n) is 5.65. The predicted octanol–water partition coefficient (Wildman–Crippen LogP) is 3.73. The van der Waals surface area contributed by atoms with Crippen molar-refractivity contribution < 1.29 is 9.59 Å². The highest BCUT2D eigenvalue weighted by molar-refractivity contribution is 7.09. The summed E-state index contributed by atoms with van der Waals surface area (Å²) in [6.07, 6.45) is 2.66. The van der Waals surface area contributed by atoms with Crippen molar-refractivity contribution in [3.8, 4) is 11.4 Å². The summed E-state index contributed by atoms with van der Waals surface area (Å²) in [5, 5.41) is 8.39. The number of hydrogen-bond donors (Lipinski definition) is 2. The Morgan fingerprint density at radius 3 is 2.38 bits per heavy atom. The van der Waals surface area contributed by atoms with Crippen LogP contribution in [0.25, 0.3) is 11.4 Å². The fourth-order valence-corrected chi connectivity index (χ4v) is 3.13. The zero-order chi connectivity index (χ0) is 18.4. The Morgan fingerprint density at radius 1 is 1.00 bits per heavy atom. The number of rotatable bonds is 6. The van der Waals surface area contributed by atoms with Gasteiger partial charge in [-0.25, -0.2) is 4.98 Å². The third kappa shape index (κ3) is 4.97. The largest absolute Gasteiger partial charge is 0.326 e. The van der Waals surface area contributed by atoms with E-state index in [9.17, 15) is 9.59 Å². The zero-order valence-electron chi connectivity index (χ0n) is 14.2. The number of carbonyl (C=O) groups excluding carboxylic acids is 2. The van der Waals surface area contributed by atoms with Crippen LogP contribution < -0.4 is 10.6 Å². The summed E-state index contributed by atoms with van der Waals surface area (Å²) >= 11 is 1.53. The molecule has 2 aromatic heterocycles. The van der Waals surface area contributed by atoms with Crippen LogP contribution >= 0.6 is 11.3 Å². The van der Waals surface area contributed by atoms with E-state index in [0.717, 1.165) is 16.4 Å². The van der Waals surface area contributed by atoms with Gasteiger partial charge in [0.1, 0.15) is 0 Å². The molecule has 26 heavy (non-hydrogen) atoms. The van der Waals surface area contributed by atoms with E-state index in [1.54, 1.807) is 30.5 Å². The first-order chi connectivity index (χ1) is 12.6. The molecule has 0 aliphatic carbocycles. The summed E-state index contributed by atoms with van der Waals surface area (Å²) in [4.78, 5) is 31.9. The van der Waals surface area contributed by atoms with Crippen LogP contribution in [-0.4, -0.2) is 21.8 Å². The molecule has 0 saturated heterocycles. The summed E-state index contributed by atoms with van der Waals surface area (Å²) in [6, 6.07) is 12.7. The second-order valence-corrected chi connectivity index (χ2v) is 6.59. The quantitative estimate of drug-likeness (QED) is 0.696. The molecule has 0 atom stereocenters. The monoisotopic (exact) mass is 366 g/mol. The van der Waals surface area contributed by atoms with Gasteiger partial charge in [0.25, 0.3) is 0 Å². The third-order valence-electron chi connectivity index (χ3n) is 3.53. The van der Waals surface area contributed by atoms with Gasteiger partial charge in [0, 0.05) is 42.7 Å². The zero-order valence-corrected chi connectivity index (χ0v) is 15.0. The van der Waals surface area contributed by atoms with Gasteiger partial charge in [-0.15, -0.1) is 11.3 Å². The molecule has 0 saturated carbocycles. The molecule has 0 radical (unpaired) electrons. The smallest absolute Gasteiger partial charge is 0.224 e. The molecule has 2 heterocycles. The minimum Gasteiger partial charge on any atom is -0.326 e. The van der Waals surface area contributed by atoms with Gasteiger partial charge in [0.05, 0.1) is 16.4 Å². The van der Waals surface area contributed by atoms with Gasteiger partial charge in [-0.05, 0) is 36.4 Å². The highest BCUT2D eigenvalue weighted by Gasteiger charge is 2.08. The van der Waals surface area contributed by atoms with E-state index < -0.39 is 0 Å². The fraction of sp³-hybridized carbons (Fsp3) is 0.158. The standard InChI is InChI=1S/C19H18N4O2S/c1-13(24)21-14-5-7-15(8-6-14)22-18(25)9-10-19-23-17(12-26-19)16-4-2-3-11-20-16/h2-8,11-12H,9-10H2,1H3,(H,21,24)(H,22,25). The van der Waals surface area contributed by atoms with E-state index in [1.807, 2.05) is 23.6 Å². The summed E-state index contributed by atoms with van der Waals surface area (Å²) in [5.41, 5.74) is 3.05. The molecule has 0 bridgehead atoms. The number of thiazole rings is 1. The molecule has 2 N–H and O–H groups in total. The Balaban J connectivity index is 1.51. The lowest BCUT2D eigenvalue weighted by molar-refractivity contribution is -0.116. The SMILES string of the molecule is CC(=O)Nc1ccc(NC(=O)CCc2nc(-c3ccccn3)cs2)cc1. The summed E-state index contributed by atoms with van der Waals surface area (Å²) in [5.74, 6) is -0.206. The van der Waals surface area contributed by atoms with Gasteiger partial charge >= 0.3 is 0 Å². The van der Waals surface area contributed by atoms with Crippen LogP contribution in [-0.2, 0) is 16.0 Å². The molecule has 0 aliphatic heterocycles. The Bertz CT molecular complexity index is 891. The van der Waals surface area contributed by atoms with Crippen molar-refractivity contribution in [2.75, 3.05) is 10.6 Å². The van der Waals surface area contributed by atoms with Crippen LogP contribution in [0.5, 0.6) is 0 Å². The van der Waals surface area contributed by atoms with Gasteiger partial charge in [-0.2, -0.15) is 0 Å². The number of nitrogens with one attached hydrogen (secondary N) is 2. The van der Waals surface area contributed by atoms with Crippen LogP contribution in [0.1, 0.15) is 18.4 Å². The number of carbonyl (C=O) groups is 2. The Kier molecular flexibility index (Phi) is 5.70. The highest BCUT2D eigenvalue weighted by atomic mass is 32.1. The number of benzene rings is 1. The fourth-order valence-electron chi connectivity index (χ4n) is 2.34. The van der Waals surface area contributed by atoms with E-state index in [-0.39, 0.29) is 11.8 Å². The number of hydrogen-bond acceptors (Lipinski definition) is 5. The van der Waals surface area contributed by atoms with Crippen molar-refractivity contribution in [1.82, 2.24) is 9.97 Å². The number of nitrogens with zero attached hydrogens (tertiary/aromatic N) is 2. The minimum atomic E-state index is -0.129. The third-order valence-corrected chi connectivity index (χ3v) is 4.44. The van der Waals surface area contributed by atoms with Crippen molar-refractivity contribution >= 4 is 34.5 Å². The van der Waals surface area contributed by atoms with E-state index in [1.165, 1.54) is 18.3 Å². The Labute approximate surface area is 155 Å². The van der Waals surface area contributed by atoms with E-state index in [0.29, 0.717) is 24.2 Å². The number of amides is 2. The Hall–Kier alpha value is -3.06. The maximum atomic E-state index is 12.1. The van der Waals surface area contributed by atoms with Gasteiger partial charge in [-0.3, -0.25) is 14.6 Å². The maximum absolute atomic E-state index is 12.1. The van der Waals surface area contributed by atoms with Gasteiger partial charge < -0.3 is 10.6 Å². The summed E-state index contributed by atoms with van der Waals surface area (Å²) in [6.45, 7) is 1.45. The lowest BCUT2D eigenvalue weighted by Gasteiger charge is -2.06. The molecular weight excluding hydrogens is 348 g/mol. The van der Waals surface area contributed by atoms with Crippen molar-refractivity contribution in [2.45, 2.75) is 19.8 Å². The first-order valence-corrected chi connectivity index (χ1v) is 9.01. The minimum absolute atomic E-state index is 0.0770. The molecule has 0 aliphatic rings. The van der Waals surface area contributed by atoms with E-state index >= 15 is 0 Å². The van der Waals surface area contributed by atoms with Gasteiger partial charge in [-0.1, -0.05) is 6.07 Å². The maximum Gasteiger partial charge on any atom is 0.224 e. The molecule has 0 spiro atoms. The van der Waals surface area contributed by atoms with Crippen LogP contribution in [0.3, 0.4) is 0 Å². The van der Waals surface area contributed by atoms with E-state index in [4.69, 9.17) is 0 Å². The van der Waals surface area contributed by atoms with Crippen molar-refractivity contribution in [1.29, 1.82) is 0 Å². The Morgan fingerprint density at radius 2 is 1.73 bits per heavy atom. The van der Waals surface area contributed by atoms with Crippen LogP contribution in [0.2, 0.25) is 0 Å². The topological polar surface area (TPSA) is 84.0 Å². The van der Waals surface area contributed by atoms with E-state index in [2.05, 4.69) is 20.6 Å². The first kappa shape index (κ1) is 17.8. The van der Waals surface area contributed by atoms with Crippen LogP contribution in [0.4, 0.5) is 11.4 Å². The molecule has 132 valence electrons. The molecule has 3 aromatic rings. The van der Waals surface area contributed by atoms with Gasteiger partial charge in [0.15, 0.2) is 0 Å². The molecule has 0 unspecified atom stereocenters. The average molecular weight is 366 g/mol. The lowest BCUT2D eigenvalue weighted by Crippen LogP contribution is -2.12. The number of anilines is 2. The molecular formula is C19H18N4O2S. The molecule has 2 amide bonds. The molecule has 3 rings (SSSR count). The number of aryl methyl sites for hydroxylation is 1.